The van der Waals surface area contributed by atoms with Crippen LogP contribution in [0.15, 0.2) is 18.2 Å². The molecular formula is C22H31NO8. The molecule has 0 aliphatic heterocycles. The van der Waals surface area contributed by atoms with Gasteiger partial charge in [0.05, 0.1) is 5.92 Å². The van der Waals surface area contributed by atoms with E-state index < -0.39 is 30.1 Å². The van der Waals surface area contributed by atoms with Gasteiger partial charge in [-0.2, -0.15) is 0 Å². The highest BCUT2D eigenvalue weighted by atomic mass is 16.6. The first kappa shape index (κ1) is 26.1. The Morgan fingerprint density at radius 1 is 0.903 bits per heavy atom. The Bertz CT molecular complexity index is 805. The van der Waals surface area contributed by atoms with Crippen molar-refractivity contribution in [2.24, 2.45) is 17.6 Å². The van der Waals surface area contributed by atoms with Crippen molar-refractivity contribution in [3.63, 3.8) is 0 Å². The molecule has 1 rings (SSSR count). The first-order chi connectivity index (χ1) is 14.4. The maximum atomic E-state index is 12.2. The van der Waals surface area contributed by atoms with E-state index in [0.717, 1.165) is 0 Å². The Kier molecular flexibility index (Phi) is 10.1. The van der Waals surface area contributed by atoms with Crippen molar-refractivity contribution in [3.05, 3.63) is 23.8 Å². The van der Waals surface area contributed by atoms with Gasteiger partial charge in [0.15, 0.2) is 11.5 Å². The van der Waals surface area contributed by atoms with Crippen molar-refractivity contribution < 1.29 is 38.1 Å². The summed E-state index contributed by atoms with van der Waals surface area (Å²) < 4.78 is 20.5. The van der Waals surface area contributed by atoms with Crippen LogP contribution in [0.3, 0.4) is 0 Å². The summed E-state index contributed by atoms with van der Waals surface area (Å²) in [6.45, 7) is 9.55. The van der Waals surface area contributed by atoms with E-state index in [1.165, 1.54) is 26.0 Å². The molecule has 3 atom stereocenters. The molecule has 0 aliphatic rings. The molecule has 9 nitrogen and oxygen atoms in total. The second kappa shape index (κ2) is 12.0. The standard InChI is InChI=1S/C22H31NO8/c1-12(2)14(4)21(26)29-13(3)11-28-22(27)18(23)9-17-7-8-19(30-15(5)24)20(10-17)31-16(6)25/h7-8,10,12-14,18H,9,11,23H2,1-6H3/t13-,14?,18-/m0/s1. The van der Waals surface area contributed by atoms with Gasteiger partial charge in [-0.1, -0.05) is 26.8 Å². The Morgan fingerprint density at radius 2 is 1.48 bits per heavy atom. The normalized spacial score (nSPS) is 13.7. The molecule has 0 heterocycles. The monoisotopic (exact) mass is 437 g/mol. The third-order valence-electron chi connectivity index (χ3n) is 4.42. The van der Waals surface area contributed by atoms with Crippen molar-refractivity contribution in [3.8, 4) is 11.5 Å². The Balaban J connectivity index is 2.68. The van der Waals surface area contributed by atoms with E-state index in [1.54, 1.807) is 19.9 Å². The van der Waals surface area contributed by atoms with Gasteiger partial charge in [-0.05, 0) is 37.0 Å². The number of rotatable bonds is 10. The fourth-order valence-corrected chi connectivity index (χ4v) is 2.41. The lowest BCUT2D eigenvalue weighted by molar-refractivity contribution is -0.162. The molecule has 1 aromatic rings. The Hall–Kier alpha value is -2.94. The number of carbonyl (C=O) groups excluding carboxylic acids is 4. The molecule has 1 unspecified atom stereocenters. The molecule has 0 aromatic heterocycles. The van der Waals surface area contributed by atoms with Gasteiger partial charge in [-0.3, -0.25) is 19.2 Å². The molecule has 0 spiro atoms. The lowest BCUT2D eigenvalue weighted by Crippen LogP contribution is -2.36. The first-order valence-corrected chi connectivity index (χ1v) is 10.0. The summed E-state index contributed by atoms with van der Waals surface area (Å²) in [5.41, 5.74) is 6.49. The number of benzene rings is 1. The van der Waals surface area contributed by atoms with E-state index in [1.807, 2.05) is 13.8 Å². The number of carbonyl (C=O) groups is 4. The fraction of sp³-hybridized carbons (Fsp3) is 0.545. The van der Waals surface area contributed by atoms with Crippen molar-refractivity contribution >= 4 is 23.9 Å². The van der Waals surface area contributed by atoms with Crippen LogP contribution in [0, 0.1) is 11.8 Å². The highest BCUT2D eigenvalue weighted by Gasteiger charge is 2.23. The minimum absolute atomic E-state index is 0.0422. The Morgan fingerprint density at radius 3 is 2.03 bits per heavy atom. The van der Waals surface area contributed by atoms with Crippen molar-refractivity contribution in [2.45, 2.75) is 60.1 Å². The molecular weight excluding hydrogens is 406 g/mol. The van der Waals surface area contributed by atoms with E-state index in [0.29, 0.717) is 5.56 Å². The van der Waals surface area contributed by atoms with Crippen molar-refractivity contribution in [1.29, 1.82) is 0 Å². The molecule has 172 valence electrons. The summed E-state index contributed by atoms with van der Waals surface area (Å²) in [6, 6.07) is 3.51. The van der Waals surface area contributed by atoms with Gasteiger partial charge >= 0.3 is 23.9 Å². The number of ether oxygens (including phenoxy) is 4. The summed E-state index contributed by atoms with van der Waals surface area (Å²) in [7, 11) is 0. The smallest absolute Gasteiger partial charge is 0.323 e. The largest absolute Gasteiger partial charge is 0.461 e. The third kappa shape index (κ3) is 9.17. The molecule has 31 heavy (non-hydrogen) atoms. The summed E-state index contributed by atoms with van der Waals surface area (Å²) in [5, 5.41) is 0. The lowest BCUT2D eigenvalue weighted by Gasteiger charge is -2.19. The maximum absolute atomic E-state index is 12.2. The summed E-state index contributed by atoms with van der Waals surface area (Å²) >= 11 is 0. The number of hydrogen-bond donors (Lipinski definition) is 1. The third-order valence-corrected chi connectivity index (χ3v) is 4.42. The number of esters is 4. The van der Waals surface area contributed by atoms with Gasteiger partial charge in [0.1, 0.15) is 18.8 Å². The highest BCUT2D eigenvalue weighted by molar-refractivity contribution is 5.76. The molecule has 1 aromatic carbocycles. The summed E-state index contributed by atoms with van der Waals surface area (Å²) in [4.78, 5) is 46.7. The summed E-state index contributed by atoms with van der Waals surface area (Å²) in [6.07, 6.45) is -0.519. The van der Waals surface area contributed by atoms with Crippen LogP contribution in [-0.2, 0) is 35.1 Å². The van der Waals surface area contributed by atoms with E-state index >= 15 is 0 Å². The first-order valence-electron chi connectivity index (χ1n) is 10.0. The van der Waals surface area contributed by atoms with Crippen LogP contribution >= 0.6 is 0 Å². The second-order valence-corrected chi connectivity index (χ2v) is 7.69. The fourth-order valence-electron chi connectivity index (χ4n) is 2.41. The SMILES string of the molecule is CC(=O)Oc1ccc(C[C@H](N)C(=O)OC[C@H](C)OC(=O)C(C)C(C)C)cc1OC(C)=O. The molecule has 0 bridgehead atoms. The van der Waals surface area contributed by atoms with Crippen LogP contribution in [-0.4, -0.2) is 42.6 Å². The number of hydrogen-bond acceptors (Lipinski definition) is 9. The van der Waals surface area contributed by atoms with Gasteiger partial charge < -0.3 is 24.7 Å². The van der Waals surface area contributed by atoms with Crippen LogP contribution in [0.4, 0.5) is 0 Å². The quantitative estimate of drug-likeness (QED) is 0.432. The zero-order valence-corrected chi connectivity index (χ0v) is 18.8. The van der Waals surface area contributed by atoms with E-state index in [4.69, 9.17) is 24.7 Å². The summed E-state index contributed by atoms with van der Waals surface area (Å²) in [5.74, 6) is -2.19. The molecule has 2 N–H and O–H groups in total. The lowest BCUT2D eigenvalue weighted by atomic mass is 9.98. The van der Waals surface area contributed by atoms with Gasteiger partial charge in [-0.15, -0.1) is 0 Å². The predicted octanol–water partition coefficient (Wildman–Crippen LogP) is 2.17. The van der Waals surface area contributed by atoms with Crippen molar-refractivity contribution in [1.82, 2.24) is 0 Å². The van der Waals surface area contributed by atoms with E-state index in [9.17, 15) is 19.2 Å². The van der Waals surface area contributed by atoms with Crippen LogP contribution < -0.4 is 15.2 Å². The molecule has 9 heteroatoms. The van der Waals surface area contributed by atoms with Crippen LogP contribution in [0.25, 0.3) is 0 Å². The minimum atomic E-state index is -0.998. The molecule has 0 saturated carbocycles. The van der Waals surface area contributed by atoms with Gasteiger partial charge in [0.2, 0.25) is 0 Å². The van der Waals surface area contributed by atoms with Crippen LogP contribution in [0.1, 0.15) is 47.1 Å². The van der Waals surface area contributed by atoms with Crippen molar-refractivity contribution in [2.75, 3.05) is 6.61 Å². The topological polar surface area (TPSA) is 131 Å². The van der Waals surface area contributed by atoms with E-state index in [2.05, 4.69) is 0 Å². The number of nitrogens with two attached hydrogens (primary N) is 1. The van der Waals surface area contributed by atoms with Gasteiger partial charge in [0, 0.05) is 13.8 Å². The highest BCUT2D eigenvalue weighted by Crippen LogP contribution is 2.29. The van der Waals surface area contributed by atoms with E-state index in [-0.39, 0.29) is 42.3 Å². The maximum Gasteiger partial charge on any atom is 0.323 e. The zero-order chi connectivity index (χ0) is 23.7. The van der Waals surface area contributed by atoms with Gasteiger partial charge in [-0.25, -0.2) is 0 Å². The average molecular weight is 437 g/mol. The second-order valence-electron chi connectivity index (χ2n) is 7.69. The predicted molar refractivity (Wildman–Crippen MR) is 111 cm³/mol. The Labute approximate surface area is 182 Å². The minimum Gasteiger partial charge on any atom is -0.461 e. The zero-order valence-electron chi connectivity index (χ0n) is 18.8. The molecule has 0 radical (unpaired) electrons. The molecule has 0 amide bonds. The molecule has 0 saturated heterocycles. The van der Waals surface area contributed by atoms with Crippen LogP contribution in [0.5, 0.6) is 11.5 Å². The van der Waals surface area contributed by atoms with Crippen LogP contribution in [0.2, 0.25) is 0 Å². The molecule has 0 aliphatic carbocycles. The molecule has 0 fully saturated rings. The van der Waals surface area contributed by atoms with Gasteiger partial charge in [0.25, 0.3) is 0 Å². The average Bonchev–Trinajstić information content (AvgIpc) is 2.66.